The van der Waals surface area contributed by atoms with Gasteiger partial charge < -0.3 is 14.8 Å². The van der Waals surface area contributed by atoms with Gasteiger partial charge in [0.1, 0.15) is 5.75 Å². The summed E-state index contributed by atoms with van der Waals surface area (Å²) < 4.78 is 10.5. The van der Waals surface area contributed by atoms with E-state index in [1.54, 1.807) is 20.4 Å². The maximum absolute atomic E-state index is 5.34. The molecule has 0 aliphatic rings. The summed E-state index contributed by atoms with van der Waals surface area (Å²) in [6.07, 6.45) is 2.76. The van der Waals surface area contributed by atoms with Crippen molar-refractivity contribution in [2.45, 2.75) is 19.4 Å². The third-order valence-electron chi connectivity index (χ3n) is 2.79. The quantitative estimate of drug-likeness (QED) is 0.789. The van der Waals surface area contributed by atoms with Crippen molar-refractivity contribution in [3.8, 4) is 5.75 Å². The van der Waals surface area contributed by atoms with Gasteiger partial charge in [0.05, 0.1) is 18.8 Å². The van der Waals surface area contributed by atoms with Gasteiger partial charge in [-0.3, -0.25) is 4.98 Å². The first kappa shape index (κ1) is 13.9. The lowest BCUT2D eigenvalue weighted by Gasteiger charge is -2.21. The van der Waals surface area contributed by atoms with Crippen LogP contribution in [0.25, 0.3) is 0 Å². The molecule has 4 heteroatoms. The molecule has 1 rings (SSSR count). The highest BCUT2D eigenvalue weighted by Gasteiger charge is 2.18. The Morgan fingerprint density at radius 2 is 2.18 bits per heavy atom. The number of hydrogen-bond donors (Lipinski definition) is 1. The maximum atomic E-state index is 5.34. The molecule has 2 atom stereocenters. The molecule has 96 valence electrons. The van der Waals surface area contributed by atoms with Gasteiger partial charge in [0, 0.05) is 19.9 Å². The Morgan fingerprint density at radius 3 is 2.76 bits per heavy atom. The van der Waals surface area contributed by atoms with E-state index >= 15 is 0 Å². The molecule has 2 unspecified atom stereocenters. The van der Waals surface area contributed by atoms with Crippen LogP contribution in [0.3, 0.4) is 0 Å². The fraction of sp³-hybridized carbons (Fsp3) is 0.615. The van der Waals surface area contributed by atoms with Crippen molar-refractivity contribution in [3.63, 3.8) is 0 Å². The number of nitrogens with zero attached hydrogens (tertiary/aromatic N) is 1. The van der Waals surface area contributed by atoms with Crippen LogP contribution < -0.4 is 10.1 Å². The molecular weight excluding hydrogens is 216 g/mol. The van der Waals surface area contributed by atoms with Crippen LogP contribution in [-0.4, -0.2) is 32.9 Å². The molecule has 0 saturated carbocycles. The van der Waals surface area contributed by atoms with Crippen LogP contribution in [-0.2, 0) is 4.74 Å². The summed E-state index contributed by atoms with van der Waals surface area (Å²) in [4.78, 5) is 4.41. The molecule has 17 heavy (non-hydrogen) atoms. The largest absolute Gasteiger partial charge is 0.495 e. The molecule has 0 aliphatic heterocycles. The molecule has 0 aromatic carbocycles. The second kappa shape index (κ2) is 7.25. The smallest absolute Gasteiger partial charge is 0.141 e. The molecule has 0 fully saturated rings. The Bertz CT molecular complexity index is 331. The normalized spacial score (nSPS) is 14.4. The summed E-state index contributed by atoms with van der Waals surface area (Å²) in [6.45, 7) is 2.93. The van der Waals surface area contributed by atoms with Gasteiger partial charge in [-0.15, -0.1) is 0 Å². The SMILES string of the molecule is CNC(CC(C)COC)c1ncccc1OC. The van der Waals surface area contributed by atoms with Crippen LogP contribution in [0.5, 0.6) is 5.75 Å². The highest BCUT2D eigenvalue weighted by Crippen LogP contribution is 2.26. The average molecular weight is 238 g/mol. The third kappa shape index (κ3) is 3.98. The second-order valence-electron chi connectivity index (χ2n) is 4.23. The van der Waals surface area contributed by atoms with Crippen molar-refractivity contribution in [2.75, 3.05) is 27.9 Å². The Morgan fingerprint density at radius 1 is 1.41 bits per heavy atom. The number of methoxy groups -OCH3 is 2. The van der Waals surface area contributed by atoms with Crippen LogP contribution in [0.15, 0.2) is 18.3 Å². The molecule has 1 N–H and O–H groups in total. The summed E-state index contributed by atoms with van der Waals surface area (Å²) >= 11 is 0. The summed E-state index contributed by atoms with van der Waals surface area (Å²) in [5, 5.41) is 3.28. The molecule has 0 amide bonds. The Labute approximate surface area is 103 Å². The third-order valence-corrected chi connectivity index (χ3v) is 2.79. The van der Waals surface area contributed by atoms with Crippen LogP contribution in [0.2, 0.25) is 0 Å². The summed E-state index contributed by atoms with van der Waals surface area (Å²) in [5.41, 5.74) is 0.959. The van der Waals surface area contributed by atoms with E-state index in [2.05, 4.69) is 17.2 Å². The van der Waals surface area contributed by atoms with Crippen LogP contribution in [0, 0.1) is 5.92 Å². The first-order valence-electron chi connectivity index (χ1n) is 5.88. The van der Waals surface area contributed by atoms with Crippen molar-refractivity contribution < 1.29 is 9.47 Å². The molecule has 4 nitrogen and oxygen atoms in total. The van der Waals surface area contributed by atoms with Crippen molar-refractivity contribution in [3.05, 3.63) is 24.0 Å². The van der Waals surface area contributed by atoms with Gasteiger partial charge in [0.25, 0.3) is 0 Å². The highest BCUT2D eigenvalue weighted by atomic mass is 16.5. The second-order valence-corrected chi connectivity index (χ2v) is 4.23. The van der Waals surface area contributed by atoms with Crippen molar-refractivity contribution in [1.82, 2.24) is 10.3 Å². The summed E-state index contributed by atoms with van der Waals surface area (Å²) in [6, 6.07) is 4.01. The van der Waals surface area contributed by atoms with Crippen molar-refractivity contribution >= 4 is 0 Å². The van der Waals surface area contributed by atoms with Crippen molar-refractivity contribution in [2.24, 2.45) is 5.92 Å². The van der Waals surface area contributed by atoms with E-state index in [4.69, 9.17) is 9.47 Å². The molecule has 1 aromatic rings. The first-order valence-corrected chi connectivity index (χ1v) is 5.88. The lowest BCUT2D eigenvalue weighted by atomic mass is 9.99. The summed E-state index contributed by atoms with van der Waals surface area (Å²) in [7, 11) is 5.34. The molecule has 0 aliphatic carbocycles. The standard InChI is InChI=1S/C13H22N2O2/c1-10(9-16-3)8-11(14-2)13-12(17-4)6-5-7-15-13/h5-7,10-11,14H,8-9H2,1-4H3. The Balaban J connectivity index is 2.78. The molecule has 0 bridgehead atoms. The zero-order valence-electron chi connectivity index (χ0n) is 11.1. The molecular formula is C13H22N2O2. The molecule has 1 aromatic heterocycles. The van der Waals surface area contributed by atoms with Crippen LogP contribution in [0.4, 0.5) is 0 Å². The van der Waals surface area contributed by atoms with Gasteiger partial charge in [-0.1, -0.05) is 6.92 Å². The number of aromatic nitrogens is 1. The molecule has 0 spiro atoms. The number of hydrogen-bond acceptors (Lipinski definition) is 4. The predicted octanol–water partition coefficient (Wildman–Crippen LogP) is 2.02. The Hall–Kier alpha value is -1.13. The van der Waals surface area contributed by atoms with E-state index in [1.165, 1.54) is 0 Å². The lowest BCUT2D eigenvalue weighted by Crippen LogP contribution is -2.22. The van der Waals surface area contributed by atoms with E-state index in [1.807, 2.05) is 19.2 Å². The topological polar surface area (TPSA) is 43.4 Å². The van der Waals surface area contributed by atoms with Gasteiger partial charge in [0.15, 0.2) is 0 Å². The van der Waals surface area contributed by atoms with Gasteiger partial charge in [-0.25, -0.2) is 0 Å². The zero-order chi connectivity index (χ0) is 12.7. The van der Waals surface area contributed by atoms with Gasteiger partial charge >= 0.3 is 0 Å². The fourth-order valence-electron chi connectivity index (χ4n) is 1.96. The number of ether oxygens (including phenoxy) is 2. The summed E-state index contributed by atoms with van der Waals surface area (Å²) in [5.74, 6) is 1.31. The van der Waals surface area contributed by atoms with E-state index in [-0.39, 0.29) is 6.04 Å². The number of nitrogens with one attached hydrogen (secondary N) is 1. The number of rotatable bonds is 7. The molecule has 0 radical (unpaired) electrons. The van der Waals surface area contributed by atoms with E-state index in [0.29, 0.717) is 5.92 Å². The number of pyridine rings is 1. The van der Waals surface area contributed by atoms with Gasteiger partial charge in [-0.2, -0.15) is 0 Å². The first-order chi connectivity index (χ1) is 8.22. The van der Waals surface area contributed by atoms with Crippen LogP contribution in [0.1, 0.15) is 25.1 Å². The average Bonchev–Trinajstić information content (AvgIpc) is 2.36. The zero-order valence-corrected chi connectivity index (χ0v) is 11.1. The minimum atomic E-state index is 0.191. The van der Waals surface area contributed by atoms with Crippen molar-refractivity contribution in [1.29, 1.82) is 0 Å². The monoisotopic (exact) mass is 238 g/mol. The highest BCUT2D eigenvalue weighted by molar-refractivity contribution is 5.29. The Kier molecular flexibility index (Phi) is 5.94. The predicted molar refractivity (Wildman–Crippen MR) is 68.2 cm³/mol. The maximum Gasteiger partial charge on any atom is 0.141 e. The minimum Gasteiger partial charge on any atom is -0.495 e. The van der Waals surface area contributed by atoms with Gasteiger partial charge in [-0.05, 0) is 31.5 Å². The molecule has 1 heterocycles. The van der Waals surface area contributed by atoms with Crippen LogP contribution >= 0.6 is 0 Å². The van der Waals surface area contributed by atoms with Gasteiger partial charge in [0.2, 0.25) is 0 Å². The van der Waals surface area contributed by atoms with E-state index in [9.17, 15) is 0 Å². The van der Waals surface area contributed by atoms with E-state index < -0.39 is 0 Å². The lowest BCUT2D eigenvalue weighted by molar-refractivity contribution is 0.149. The van der Waals surface area contributed by atoms with E-state index in [0.717, 1.165) is 24.5 Å². The minimum absolute atomic E-state index is 0.191. The fourth-order valence-corrected chi connectivity index (χ4v) is 1.96. The molecule has 0 saturated heterocycles.